The quantitative estimate of drug-likeness (QED) is 0.526. The second-order valence-electron chi connectivity index (χ2n) is 4.15. The first-order valence-corrected chi connectivity index (χ1v) is 5.14. The van der Waals surface area contributed by atoms with E-state index in [4.69, 9.17) is 5.90 Å². The molecule has 0 bridgehead atoms. The molecule has 1 rings (SSSR count). The molecule has 1 saturated carbocycles. The van der Waals surface area contributed by atoms with Gasteiger partial charge in [-0.05, 0) is 25.2 Å². The molecule has 0 saturated heterocycles. The van der Waals surface area contributed by atoms with Gasteiger partial charge in [0.25, 0.3) is 0 Å². The molecular formula is C10H20N2O. The first-order valence-electron chi connectivity index (χ1n) is 5.14. The maximum Gasteiger partial charge on any atom is 0.0661 e. The molecule has 13 heavy (non-hydrogen) atoms. The lowest BCUT2D eigenvalue weighted by molar-refractivity contribution is 0.145. The highest BCUT2D eigenvalue weighted by Crippen LogP contribution is 2.36. The van der Waals surface area contributed by atoms with Crippen LogP contribution < -0.4 is 5.90 Å². The van der Waals surface area contributed by atoms with Crippen molar-refractivity contribution in [2.45, 2.75) is 40.0 Å². The van der Waals surface area contributed by atoms with Gasteiger partial charge in [-0.1, -0.05) is 25.9 Å². The van der Waals surface area contributed by atoms with Crippen molar-refractivity contribution in [2.75, 3.05) is 0 Å². The number of hydrogen-bond acceptors (Lipinski definition) is 3. The molecule has 0 aromatic rings. The molecule has 1 aliphatic carbocycles. The SMILES string of the molecule is CC[C@H](/C(=N\ON)C1CC1)C(C)C. The smallest absolute Gasteiger partial charge is 0.0661 e. The minimum Gasteiger partial charge on any atom is -0.303 e. The van der Waals surface area contributed by atoms with Gasteiger partial charge in [-0.15, -0.1) is 5.90 Å². The molecule has 0 radical (unpaired) electrons. The minimum atomic E-state index is 0.538. The van der Waals surface area contributed by atoms with Crippen molar-refractivity contribution in [1.82, 2.24) is 0 Å². The molecule has 1 aliphatic rings. The predicted octanol–water partition coefficient (Wildman–Crippen LogP) is 2.32. The fourth-order valence-corrected chi connectivity index (χ4v) is 1.91. The van der Waals surface area contributed by atoms with Crippen LogP contribution in [0.4, 0.5) is 0 Å². The molecule has 0 heterocycles. The lowest BCUT2D eigenvalue weighted by atomic mass is 9.86. The van der Waals surface area contributed by atoms with E-state index in [0.29, 0.717) is 17.8 Å². The summed E-state index contributed by atoms with van der Waals surface area (Å²) in [7, 11) is 0. The van der Waals surface area contributed by atoms with Crippen LogP contribution in [0.25, 0.3) is 0 Å². The molecule has 0 amide bonds. The average Bonchev–Trinajstić information content (AvgIpc) is 2.86. The van der Waals surface area contributed by atoms with Crippen LogP contribution in [-0.2, 0) is 4.94 Å². The number of nitrogens with two attached hydrogens (primary N) is 1. The predicted molar refractivity (Wildman–Crippen MR) is 54.1 cm³/mol. The first-order chi connectivity index (χ1) is 6.20. The molecule has 0 aromatic carbocycles. The van der Waals surface area contributed by atoms with Crippen LogP contribution in [0.3, 0.4) is 0 Å². The first kappa shape index (κ1) is 10.5. The van der Waals surface area contributed by atoms with Gasteiger partial charge in [-0.3, -0.25) is 0 Å². The number of oxime groups is 1. The van der Waals surface area contributed by atoms with Crippen molar-refractivity contribution in [3.05, 3.63) is 0 Å². The molecule has 3 heteroatoms. The normalized spacial score (nSPS) is 20.5. The Morgan fingerprint density at radius 1 is 1.54 bits per heavy atom. The van der Waals surface area contributed by atoms with Gasteiger partial charge < -0.3 is 4.94 Å². The van der Waals surface area contributed by atoms with Crippen molar-refractivity contribution >= 4 is 5.71 Å². The second kappa shape index (κ2) is 4.61. The van der Waals surface area contributed by atoms with Crippen molar-refractivity contribution in [1.29, 1.82) is 0 Å². The number of nitrogens with zero attached hydrogens (tertiary/aromatic N) is 1. The van der Waals surface area contributed by atoms with Crippen molar-refractivity contribution in [2.24, 2.45) is 28.8 Å². The summed E-state index contributed by atoms with van der Waals surface area (Å²) in [6.45, 7) is 6.64. The molecule has 1 fully saturated rings. The van der Waals surface area contributed by atoms with Gasteiger partial charge in [-0.2, -0.15) is 0 Å². The Hall–Kier alpha value is -0.570. The Kier molecular flexibility index (Phi) is 3.72. The zero-order valence-corrected chi connectivity index (χ0v) is 8.79. The summed E-state index contributed by atoms with van der Waals surface area (Å²) in [5, 5.41) is 3.97. The van der Waals surface area contributed by atoms with Crippen LogP contribution in [0.2, 0.25) is 0 Å². The number of rotatable bonds is 5. The summed E-state index contributed by atoms with van der Waals surface area (Å²) in [5.74, 6) is 6.81. The van der Waals surface area contributed by atoms with Gasteiger partial charge in [0.2, 0.25) is 0 Å². The lowest BCUT2D eigenvalue weighted by Crippen LogP contribution is -2.22. The zero-order chi connectivity index (χ0) is 9.84. The Morgan fingerprint density at radius 2 is 2.15 bits per heavy atom. The van der Waals surface area contributed by atoms with Crippen LogP contribution in [0, 0.1) is 17.8 Å². The summed E-state index contributed by atoms with van der Waals surface area (Å²) >= 11 is 0. The van der Waals surface area contributed by atoms with Crippen LogP contribution in [0.1, 0.15) is 40.0 Å². The molecule has 0 spiro atoms. The summed E-state index contributed by atoms with van der Waals surface area (Å²) in [5.41, 5.74) is 1.18. The van der Waals surface area contributed by atoms with E-state index in [0.717, 1.165) is 6.42 Å². The van der Waals surface area contributed by atoms with E-state index in [1.54, 1.807) is 0 Å². The Bertz CT molecular complexity index is 185. The zero-order valence-electron chi connectivity index (χ0n) is 8.79. The third kappa shape index (κ3) is 2.69. The maximum atomic E-state index is 5.00. The summed E-state index contributed by atoms with van der Waals surface area (Å²) in [4.78, 5) is 4.43. The second-order valence-corrected chi connectivity index (χ2v) is 4.15. The van der Waals surface area contributed by atoms with Gasteiger partial charge >= 0.3 is 0 Å². The Morgan fingerprint density at radius 3 is 2.46 bits per heavy atom. The maximum absolute atomic E-state index is 5.00. The van der Waals surface area contributed by atoms with Crippen LogP contribution >= 0.6 is 0 Å². The van der Waals surface area contributed by atoms with Gasteiger partial charge in [-0.25, -0.2) is 0 Å². The highest BCUT2D eigenvalue weighted by Gasteiger charge is 2.33. The third-order valence-corrected chi connectivity index (χ3v) is 2.78. The van der Waals surface area contributed by atoms with Gasteiger partial charge in [0.05, 0.1) is 5.71 Å². The van der Waals surface area contributed by atoms with Gasteiger partial charge in [0, 0.05) is 11.8 Å². The molecule has 2 N–H and O–H groups in total. The van der Waals surface area contributed by atoms with E-state index in [-0.39, 0.29) is 0 Å². The molecule has 76 valence electrons. The summed E-state index contributed by atoms with van der Waals surface area (Å²) in [6, 6.07) is 0. The van der Waals surface area contributed by atoms with Crippen molar-refractivity contribution in [3.63, 3.8) is 0 Å². The third-order valence-electron chi connectivity index (χ3n) is 2.78. The molecule has 1 atom stereocenters. The minimum absolute atomic E-state index is 0.538. The van der Waals surface area contributed by atoms with E-state index >= 15 is 0 Å². The molecule has 3 nitrogen and oxygen atoms in total. The van der Waals surface area contributed by atoms with Crippen molar-refractivity contribution in [3.8, 4) is 0 Å². The van der Waals surface area contributed by atoms with E-state index < -0.39 is 0 Å². The van der Waals surface area contributed by atoms with Crippen molar-refractivity contribution < 1.29 is 4.94 Å². The summed E-state index contributed by atoms with van der Waals surface area (Å²) in [6.07, 6.45) is 3.63. The molecular weight excluding hydrogens is 164 g/mol. The monoisotopic (exact) mass is 184 g/mol. The van der Waals surface area contributed by atoms with Gasteiger partial charge in [0.15, 0.2) is 0 Å². The Balaban J connectivity index is 2.65. The van der Waals surface area contributed by atoms with E-state index in [1.807, 2.05) is 0 Å². The summed E-state index contributed by atoms with van der Waals surface area (Å²) < 4.78 is 0. The van der Waals surface area contributed by atoms with Crippen LogP contribution in [-0.4, -0.2) is 5.71 Å². The molecule has 0 unspecified atom stereocenters. The highest BCUT2D eigenvalue weighted by atomic mass is 16.7. The van der Waals surface area contributed by atoms with E-state index in [9.17, 15) is 0 Å². The highest BCUT2D eigenvalue weighted by molar-refractivity contribution is 5.90. The topological polar surface area (TPSA) is 47.6 Å². The lowest BCUT2D eigenvalue weighted by Gasteiger charge is -2.20. The van der Waals surface area contributed by atoms with Crippen LogP contribution in [0.15, 0.2) is 5.16 Å². The molecule has 0 aliphatic heterocycles. The fourth-order valence-electron chi connectivity index (χ4n) is 1.91. The average molecular weight is 184 g/mol. The molecule has 0 aromatic heterocycles. The Labute approximate surface area is 80.3 Å². The van der Waals surface area contributed by atoms with E-state index in [2.05, 4.69) is 30.9 Å². The van der Waals surface area contributed by atoms with E-state index in [1.165, 1.54) is 18.6 Å². The van der Waals surface area contributed by atoms with Crippen LogP contribution in [0.5, 0.6) is 0 Å². The standard InChI is InChI=1S/C10H20N2O/c1-4-9(7(2)3)10(12-13-11)8-5-6-8/h7-9H,4-6,11H2,1-3H3/b12-10-/t9-/m0/s1. The largest absolute Gasteiger partial charge is 0.303 e. The fraction of sp³-hybridized carbons (Fsp3) is 0.900. The van der Waals surface area contributed by atoms with Gasteiger partial charge in [0.1, 0.15) is 0 Å². The number of hydrogen-bond donors (Lipinski definition) is 1.